The number of hydrogen-bond acceptors (Lipinski definition) is 8. The van der Waals surface area contributed by atoms with E-state index in [0.717, 1.165) is 25.5 Å². The van der Waals surface area contributed by atoms with Crippen molar-refractivity contribution in [2.75, 3.05) is 38.5 Å². The zero-order chi connectivity index (χ0) is 26.1. The van der Waals surface area contributed by atoms with Gasteiger partial charge in [-0.1, -0.05) is 0 Å². The summed E-state index contributed by atoms with van der Waals surface area (Å²) in [5.74, 6) is -1.91. The third kappa shape index (κ3) is 4.76. The van der Waals surface area contributed by atoms with Crippen LogP contribution in [0.4, 0.5) is 20.4 Å². The molecule has 0 saturated carbocycles. The molecular weight excluding hydrogens is 482 g/mol. The molecule has 12 heteroatoms. The number of nitriles is 1. The molecule has 0 bridgehead atoms. The predicted molar refractivity (Wildman–Crippen MR) is 131 cm³/mol. The predicted octanol–water partition coefficient (Wildman–Crippen LogP) is 3.73. The second kappa shape index (κ2) is 9.79. The van der Waals surface area contributed by atoms with Gasteiger partial charge in [-0.2, -0.15) is 5.26 Å². The number of halogens is 2. The minimum absolute atomic E-state index is 0.0218. The van der Waals surface area contributed by atoms with Gasteiger partial charge < -0.3 is 24.8 Å². The van der Waals surface area contributed by atoms with Crippen LogP contribution in [-0.4, -0.2) is 68.9 Å². The zero-order valence-electron chi connectivity index (χ0n) is 20.0. The Labute approximate surface area is 210 Å². The lowest BCUT2D eigenvalue weighted by molar-refractivity contribution is 0.0663. The van der Waals surface area contributed by atoms with Crippen LogP contribution in [0.2, 0.25) is 0 Å². The maximum atomic E-state index is 15.0. The molecule has 1 aromatic carbocycles. The van der Waals surface area contributed by atoms with Crippen molar-refractivity contribution in [1.29, 1.82) is 5.26 Å². The van der Waals surface area contributed by atoms with Crippen molar-refractivity contribution >= 4 is 28.4 Å². The fourth-order valence-corrected chi connectivity index (χ4v) is 4.06. The molecule has 3 aromatic heterocycles. The van der Waals surface area contributed by atoms with E-state index in [1.807, 2.05) is 13.1 Å². The number of fused-ring (bicyclic) bond motifs is 1. The van der Waals surface area contributed by atoms with Crippen molar-refractivity contribution in [1.82, 2.24) is 29.7 Å². The molecule has 0 atom stereocenters. The highest BCUT2D eigenvalue weighted by Crippen LogP contribution is 2.34. The summed E-state index contributed by atoms with van der Waals surface area (Å²) in [4.78, 5) is 31.7. The lowest BCUT2D eigenvalue weighted by Crippen LogP contribution is -2.47. The number of hydrogen-bond donors (Lipinski definition) is 2. The molecule has 1 saturated heterocycles. The first-order chi connectivity index (χ1) is 17.8. The van der Waals surface area contributed by atoms with Gasteiger partial charge in [0, 0.05) is 49.5 Å². The van der Waals surface area contributed by atoms with E-state index in [1.165, 1.54) is 12.3 Å². The molecule has 188 valence electrons. The lowest BCUT2D eigenvalue weighted by Gasteiger charge is -2.32. The second-order valence-electron chi connectivity index (χ2n) is 8.68. The third-order valence-corrected chi connectivity index (χ3v) is 6.08. The van der Waals surface area contributed by atoms with Gasteiger partial charge in [0.15, 0.2) is 28.8 Å². The van der Waals surface area contributed by atoms with E-state index in [-0.39, 0.29) is 34.1 Å². The maximum Gasteiger partial charge on any atom is 0.255 e. The van der Waals surface area contributed by atoms with E-state index < -0.39 is 17.4 Å². The Bertz CT molecular complexity index is 1520. The molecule has 0 unspecified atom stereocenters. The fourth-order valence-electron chi connectivity index (χ4n) is 4.06. The standard InChI is InChI=1S/C25H22F2N8O2/c1-14-9-16-21(27)19(10-18(26)22(16)32-14)37-24-17(11-28)23(30-13-31-24)33-20-4-3-15(12-29-20)25(36)35-7-5-34(2)6-8-35/h3-4,9-10,12-13,32H,5-8H2,1-2H3,(H,29,30,31,33). The van der Waals surface area contributed by atoms with Gasteiger partial charge in [0.05, 0.1) is 11.1 Å². The van der Waals surface area contributed by atoms with Gasteiger partial charge in [-0.15, -0.1) is 0 Å². The number of aromatic nitrogens is 4. The number of H-pyrrole nitrogens is 1. The number of pyridine rings is 1. The van der Waals surface area contributed by atoms with Crippen LogP contribution < -0.4 is 10.1 Å². The van der Waals surface area contributed by atoms with Crippen LogP contribution in [0.1, 0.15) is 21.6 Å². The van der Waals surface area contributed by atoms with Gasteiger partial charge in [0.2, 0.25) is 5.88 Å². The number of ether oxygens (including phenoxy) is 1. The number of aromatic amines is 1. The molecule has 0 radical (unpaired) electrons. The van der Waals surface area contributed by atoms with E-state index in [9.17, 15) is 18.8 Å². The van der Waals surface area contributed by atoms with E-state index in [0.29, 0.717) is 30.2 Å². The first-order valence-electron chi connectivity index (χ1n) is 11.4. The summed E-state index contributed by atoms with van der Waals surface area (Å²) < 4.78 is 35.0. The minimum atomic E-state index is -0.792. The molecule has 4 aromatic rings. The molecule has 37 heavy (non-hydrogen) atoms. The Morgan fingerprint density at radius 3 is 2.65 bits per heavy atom. The third-order valence-electron chi connectivity index (χ3n) is 6.08. The van der Waals surface area contributed by atoms with Crippen LogP contribution in [0.5, 0.6) is 11.6 Å². The summed E-state index contributed by atoms with van der Waals surface area (Å²) in [6.45, 7) is 4.59. The Morgan fingerprint density at radius 1 is 1.16 bits per heavy atom. The van der Waals surface area contributed by atoms with Crippen molar-refractivity contribution in [3.05, 3.63) is 65.2 Å². The first kappa shape index (κ1) is 24.1. The number of aryl methyl sites for hydroxylation is 1. The number of carbonyl (C=O) groups is 1. The topological polar surface area (TPSA) is 123 Å². The Morgan fingerprint density at radius 2 is 1.95 bits per heavy atom. The van der Waals surface area contributed by atoms with Crippen LogP contribution in [0.15, 0.2) is 36.8 Å². The SMILES string of the molecule is Cc1cc2c(F)c(Oc3ncnc(Nc4ccc(C(=O)N5CCN(C)CC5)cn4)c3C#N)cc(F)c2[nH]1. The van der Waals surface area contributed by atoms with E-state index in [2.05, 4.69) is 30.2 Å². The normalized spacial score (nSPS) is 14.0. The number of likely N-dealkylation sites (N-methyl/N-ethyl adjacent to an activating group) is 1. The molecule has 0 spiro atoms. The summed E-state index contributed by atoms with van der Waals surface area (Å²) in [6.07, 6.45) is 2.57. The van der Waals surface area contributed by atoms with Gasteiger partial charge >= 0.3 is 0 Å². The van der Waals surface area contributed by atoms with Gasteiger partial charge in [-0.05, 0) is 32.2 Å². The zero-order valence-corrected chi connectivity index (χ0v) is 20.0. The van der Waals surface area contributed by atoms with Crippen molar-refractivity contribution in [2.24, 2.45) is 0 Å². The molecule has 4 heterocycles. The van der Waals surface area contributed by atoms with Crippen LogP contribution >= 0.6 is 0 Å². The van der Waals surface area contributed by atoms with Crippen molar-refractivity contribution in [2.45, 2.75) is 6.92 Å². The average molecular weight is 505 g/mol. The number of carbonyl (C=O) groups excluding carboxylic acids is 1. The molecule has 1 aliphatic rings. The summed E-state index contributed by atoms with van der Waals surface area (Å²) in [6, 6.07) is 7.50. The van der Waals surface area contributed by atoms with Crippen LogP contribution in [-0.2, 0) is 0 Å². The van der Waals surface area contributed by atoms with Crippen molar-refractivity contribution in [3.8, 4) is 17.7 Å². The van der Waals surface area contributed by atoms with Gasteiger partial charge in [-0.3, -0.25) is 4.79 Å². The average Bonchev–Trinajstić information content (AvgIpc) is 3.30. The summed E-state index contributed by atoms with van der Waals surface area (Å²) in [5.41, 5.74) is 0.913. The largest absolute Gasteiger partial charge is 0.434 e. The van der Waals surface area contributed by atoms with Gasteiger partial charge in [-0.25, -0.2) is 23.7 Å². The number of nitrogens with one attached hydrogen (secondary N) is 2. The number of nitrogens with zero attached hydrogens (tertiary/aromatic N) is 6. The monoisotopic (exact) mass is 504 g/mol. The smallest absolute Gasteiger partial charge is 0.255 e. The highest BCUT2D eigenvalue weighted by molar-refractivity contribution is 5.94. The van der Waals surface area contributed by atoms with Crippen molar-refractivity contribution in [3.63, 3.8) is 0 Å². The number of anilines is 2. The minimum Gasteiger partial charge on any atom is -0.434 e. The molecule has 2 N–H and O–H groups in total. The molecule has 0 aliphatic carbocycles. The lowest BCUT2D eigenvalue weighted by atomic mass is 10.2. The highest BCUT2D eigenvalue weighted by atomic mass is 19.1. The molecule has 1 amide bonds. The quantitative estimate of drug-likeness (QED) is 0.422. The second-order valence-corrected chi connectivity index (χ2v) is 8.68. The molecule has 1 fully saturated rings. The summed E-state index contributed by atoms with van der Waals surface area (Å²) >= 11 is 0. The summed E-state index contributed by atoms with van der Waals surface area (Å²) in [5, 5.41) is 12.7. The highest BCUT2D eigenvalue weighted by Gasteiger charge is 2.22. The molecule has 1 aliphatic heterocycles. The van der Waals surface area contributed by atoms with E-state index in [1.54, 1.807) is 24.0 Å². The first-order valence-corrected chi connectivity index (χ1v) is 11.4. The summed E-state index contributed by atoms with van der Waals surface area (Å²) in [7, 11) is 2.01. The molecular formula is C25H22F2N8O2. The van der Waals surface area contributed by atoms with Crippen LogP contribution in [0, 0.1) is 29.9 Å². The number of piperazine rings is 1. The number of amides is 1. The maximum absolute atomic E-state index is 15.0. The number of benzene rings is 1. The van der Waals surface area contributed by atoms with E-state index >= 15 is 0 Å². The van der Waals surface area contributed by atoms with Gasteiger partial charge in [0.25, 0.3) is 5.91 Å². The molecule has 5 rings (SSSR count). The Hall–Kier alpha value is -4.63. The van der Waals surface area contributed by atoms with Crippen molar-refractivity contribution < 1.29 is 18.3 Å². The Kier molecular flexibility index (Phi) is 6.37. The van der Waals surface area contributed by atoms with Crippen LogP contribution in [0.3, 0.4) is 0 Å². The number of rotatable bonds is 5. The van der Waals surface area contributed by atoms with E-state index in [4.69, 9.17) is 4.74 Å². The Balaban J connectivity index is 1.36. The molecule has 10 nitrogen and oxygen atoms in total. The van der Waals surface area contributed by atoms with Gasteiger partial charge in [0.1, 0.15) is 18.2 Å². The fraction of sp³-hybridized carbons (Fsp3) is 0.240. The van der Waals surface area contributed by atoms with Crippen LogP contribution in [0.25, 0.3) is 10.9 Å².